The van der Waals surface area contributed by atoms with Crippen LogP contribution in [0.3, 0.4) is 0 Å². The van der Waals surface area contributed by atoms with Gasteiger partial charge in [0.15, 0.2) is 0 Å². The van der Waals surface area contributed by atoms with E-state index in [-0.39, 0.29) is 0 Å². The molecule has 12 heavy (non-hydrogen) atoms. The molecule has 0 amide bonds. The van der Waals surface area contributed by atoms with Crippen molar-refractivity contribution < 1.29 is 28.2 Å². The number of halogens is 1. The molecule has 1 aromatic rings. The van der Waals surface area contributed by atoms with Gasteiger partial charge in [0.25, 0.3) is 0 Å². The Morgan fingerprint density at radius 1 is 1.33 bits per heavy atom. The molecule has 0 unspecified atom stereocenters. The van der Waals surface area contributed by atoms with Gasteiger partial charge >= 0.3 is 81.2 Å². The predicted molar refractivity (Wildman–Crippen MR) is 37.0 cm³/mol. The summed E-state index contributed by atoms with van der Waals surface area (Å²) in [4.78, 5) is 0. The average molecular weight is 274 g/mol. The van der Waals surface area contributed by atoms with E-state index in [1.165, 1.54) is 0 Å². The van der Waals surface area contributed by atoms with Gasteiger partial charge in [0.05, 0.1) is 0 Å². The number of rotatable bonds is 1. The fourth-order valence-corrected chi connectivity index (χ4v) is 2.15. The molecule has 0 saturated heterocycles. The molecule has 0 N–H and O–H groups in total. The maximum absolute atomic E-state index is 8.45. The molecule has 0 saturated carbocycles. The van der Waals surface area contributed by atoms with Gasteiger partial charge in [-0.05, 0) is 0 Å². The van der Waals surface area contributed by atoms with Crippen LogP contribution in [0.1, 0.15) is 5.56 Å². The first kappa shape index (κ1) is 7.68. The second kappa shape index (κ2) is 3.19. The standard InChI is InChI=1S/C8H5INO2/c10-4-3-6-1-2-7-8(5-6)12-9-11-7/h1-2,5H,3H2/q-1. The number of fused-ring (bicyclic) bond motifs is 1. The molecule has 0 aromatic heterocycles. The first-order valence-electron chi connectivity index (χ1n) is 3.39. The van der Waals surface area contributed by atoms with E-state index in [1.54, 1.807) is 0 Å². The Kier molecular flexibility index (Phi) is 2.04. The van der Waals surface area contributed by atoms with Crippen molar-refractivity contribution in [2.75, 3.05) is 0 Å². The van der Waals surface area contributed by atoms with Gasteiger partial charge in [-0.15, -0.1) is 0 Å². The Morgan fingerprint density at radius 3 is 3.00 bits per heavy atom. The number of hydrogen-bond donors (Lipinski definition) is 0. The molecule has 1 aliphatic heterocycles. The van der Waals surface area contributed by atoms with Crippen LogP contribution in [0.25, 0.3) is 0 Å². The molecule has 62 valence electrons. The van der Waals surface area contributed by atoms with Crippen molar-refractivity contribution >= 4 is 0 Å². The van der Waals surface area contributed by atoms with Gasteiger partial charge in [-0.25, -0.2) is 0 Å². The third-order valence-corrected chi connectivity index (χ3v) is 2.83. The monoisotopic (exact) mass is 274 g/mol. The molecule has 3 nitrogen and oxygen atoms in total. The number of benzene rings is 1. The molecule has 0 atom stereocenters. The van der Waals surface area contributed by atoms with E-state index in [4.69, 9.17) is 11.4 Å². The fraction of sp³-hybridized carbons (Fsp3) is 0.125. The van der Waals surface area contributed by atoms with Gasteiger partial charge in [0.2, 0.25) is 0 Å². The van der Waals surface area contributed by atoms with Crippen LogP contribution < -0.4 is 28.2 Å². The van der Waals surface area contributed by atoms with Crippen LogP contribution in [-0.2, 0) is 6.42 Å². The van der Waals surface area contributed by atoms with Crippen LogP contribution in [0, 0.1) is 11.3 Å². The molecule has 2 rings (SSSR count). The Hall–Kier alpha value is -0.960. The number of hydrogen-bond acceptors (Lipinski definition) is 3. The van der Waals surface area contributed by atoms with Crippen molar-refractivity contribution in [3.8, 4) is 17.6 Å². The minimum atomic E-state index is -0.593. The second-order valence-corrected chi connectivity index (χ2v) is 3.57. The summed E-state index contributed by atoms with van der Waals surface area (Å²) in [6, 6.07) is 7.70. The van der Waals surface area contributed by atoms with Crippen LogP contribution in [-0.4, -0.2) is 0 Å². The van der Waals surface area contributed by atoms with Crippen molar-refractivity contribution in [1.82, 2.24) is 0 Å². The molecule has 4 heteroatoms. The predicted octanol–water partition coefficient (Wildman–Crippen LogP) is -1.56. The van der Waals surface area contributed by atoms with E-state index < -0.39 is 22.0 Å². The summed E-state index contributed by atoms with van der Waals surface area (Å²) in [5, 5.41) is 8.45. The topological polar surface area (TPSA) is 42.2 Å². The van der Waals surface area contributed by atoms with Crippen molar-refractivity contribution in [3.05, 3.63) is 23.8 Å². The average Bonchev–Trinajstić information content (AvgIpc) is 2.51. The fourth-order valence-electron chi connectivity index (χ4n) is 0.961. The molecule has 0 fully saturated rings. The Morgan fingerprint density at radius 2 is 2.17 bits per heavy atom. The van der Waals surface area contributed by atoms with E-state index in [0.29, 0.717) is 6.42 Å². The van der Waals surface area contributed by atoms with Crippen molar-refractivity contribution in [2.45, 2.75) is 6.42 Å². The van der Waals surface area contributed by atoms with Gasteiger partial charge in [-0.2, -0.15) is 0 Å². The third kappa shape index (κ3) is 1.32. The Bertz CT molecular complexity index is 345. The molecule has 0 spiro atoms. The quantitative estimate of drug-likeness (QED) is 0.582. The van der Waals surface area contributed by atoms with E-state index in [1.807, 2.05) is 18.2 Å². The zero-order valence-corrected chi connectivity index (χ0v) is 8.24. The summed E-state index contributed by atoms with van der Waals surface area (Å²) >= 11 is -0.593. The van der Waals surface area contributed by atoms with Crippen molar-refractivity contribution in [2.24, 2.45) is 0 Å². The zero-order valence-electron chi connectivity index (χ0n) is 6.08. The molecule has 0 radical (unpaired) electrons. The number of nitrogens with zero attached hydrogens (tertiary/aromatic N) is 1. The van der Waals surface area contributed by atoms with Crippen molar-refractivity contribution in [1.29, 1.82) is 5.26 Å². The van der Waals surface area contributed by atoms with Gasteiger partial charge in [-0.3, -0.25) is 0 Å². The van der Waals surface area contributed by atoms with Crippen molar-refractivity contribution in [3.63, 3.8) is 0 Å². The van der Waals surface area contributed by atoms with E-state index in [9.17, 15) is 0 Å². The minimum absolute atomic E-state index is 0.426. The molecular formula is C8H5INO2-. The molecule has 1 aliphatic rings. The van der Waals surface area contributed by atoms with Gasteiger partial charge in [0, 0.05) is 0 Å². The normalized spacial score (nSPS) is 13.2. The summed E-state index contributed by atoms with van der Waals surface area (Å²) in [5.41, 5.74) is 0.978. The third-order valence-electron chi connectivity index (χ3n) is 1.52. The van der Waals surface area contributed by atoms with Gasteiger partial charge in [0.1, 0.15) is 0 Å². The first-order valence-corrected chi connectivity index (χ1v) is 5.15. The number of nitriles is 1. The molecule has 0 bridgehead atoms. The summed E-state index contributed by atoms with van der Waals surface area (Å²) < 4.78 is 10.5. The zero-order chi connectivity index (χ0) is 8.39. The van der Waals surface area contributed by atoms with Crippen LogP contribution in [0.4, 0.5) is 0 Å². The Balaban J connectivity index is 2.34. The van der Waals surface area contributed by atoms with Crippen LogP contribution >= 0.6 is 0 Å². The van der Waals surface area contributed by atoms with Gasteiger partial charge < -0.3 is 0 Å². The van der Waals surface area contributed by atoms with Gasteiger partial charge in [-0.1, -0.05) is 0 Å². The van der Waals surface area contributed by atoms with Crippen LogP contribution in [0.2, 0.25) is 0 Å². The summed E-state index contributed by atoms with van der Waals surface area (Å²) in [6.45, 7) is 0. The van der Waals surface area contributed by atoms with Crippen LogP contribution in [0.15, 0.2) is 18.2 Å². The Labute approximate surface area is 81.3 Å². The van der Waals surface area contributed by atoms with E-state index in [0.717, 1.165) is 17.1 Å². The summed E-state index contributed by atoms with van der Waals surface area (Å²) in [5.74, 6) is 1.60. The SMILES string of the molecule is N#CCc1ccc2c(c1)O[I-]O2. The molecule has 1 aromatic carbocycles. The van der Waals surface area contributed by atoms with E-state index >= 15 is 0 Å². The summed E-state index contributed by atoms with van der Waals surface area (Å²) in [6.07, 6.45) is 0.426. The molecular weight excluding hydrogens is 269 g/mol. The summed E-state index contributed by atoms with van der Waals surface area (Å²) in [7, 11) is 0. The maximum atomic E-state index is 8.45. The van der Waals surface area contributed by atoms with E-state index in [2.05, 4.69) is 6.07 Å². The molecule has 0 aliphatic carbocycles. The second-order valence-electron chi connectivity index (χ2n) is 2.33. The first-order chi connectivity index (χ1) is 5.90. The van der Waals surface area contributed by atoms with Crippen LogP contribution in [0.5, 0.6) is 11.5 Å². The molecule has 1 heterocycles.